The van der Waals surface area contributed by atoms with E-state index in [1.165, 1.54) is 6.08 Å². The number of imide groups is 1. The number of para-hydroxylation sites is 1. The molecule has 1 aliphatic rings. The molecule has 31 heavy (non-hydrogen) atoms. The van der Waals surface area contributed by atoms with E-state index in [1.807, 2.05) is 66.9 Å². The Morgan fingerprint density at radius 3 is 2.45 bits per heavy atom. The average Bonchev–Trinajstić information content (AvgIpc) is 3.37. The Labute approximate surface area is 183 Å². The van der Waals surface area contributed by atoms with Gasteiger partial charge in [-0.2, -0.15) is 5.10 Å². The van der Waals surface area contributed by atoms with Crippen LogP contribution < -0.4 is 5.32 Å². The van der Waals surface area contributed by atoms with E-state index in [2.05, 4.69) is 5.32 Å². The number of nitrogens with one attached hydrogen (secondary N) is 1. The van der Waals surface area contributed by atoms with E-state index in [0.717, 1.165) is 39.2 Å². The maximum atomic E-state index is 12.3. The van der Waals surface area contributed by atoms with Crippen molar-refractivity contribution in [2.75, 3.05) is 18.8 Å². The Bertz CT molecular complexity index is 1110. The van der Waals surface area contributed by atoms with Crippen molar-refractivity contribution >= 4 is 34.9 Å². The van der Waals surface area contributed by atoms with Crippen molar-refractivity contribution in [2.45, 2.75) is 0 Å². The SMILES string of the molecule is O=C(/C=C/c1cn(-c2ccccc2)nc1-c1ccccc1)NCCN1C(=O)CSC1=O. The molecule has 0 unspecified atom stereocenters. The van der Waals surface area contributed by atoms with Gasteiger partial charge in [0.25, 0.3) is 5.24 Å². The maximum Gasteiger partial charge on any atom is 0.288 e. The fraction of sp³-hybridized carbons (Fsp3) is 0.130. The minimum absolute atomic E-state index is 0.167. The monoisotopic (exact) mass is 432 g/mol. The molecule has 1 aliphatic heterocycles. The first-order valence-electron chi connectivity index (χ1n) is 9.75. The van der Waals surface area contributed by atoms with Gasteiger partial charge in [-0.05, 0) is 18.2 Å². The van der Waals surface area contributed by atoms with Crippen molar-refractivity contribution in [3.8, 4) is 16.9 Å². The molecule has 156 valence electrons. The van der Waals surface area contributed by atoms with Gasteiger partial charge < -0.3 is 5.32 Å². The van der Waals surface area contributed by atoms with Crippen LogP contribution in [0.1, 0.15) is 5.56 Å². The first-order chi connectivity index (χ1) is 15.1. The number of thioether (sulfide) groups is 1. The summed E-state index contributed by atoms with van der Waals surface area (Å²) in [6.07, 6.45) is 5.02. The van der Waals surface area contributed by atoms with Crippen LogP contribution in [0.3, 0.4) is 0 Å². The second kappa shape index (κ2) is 9.44. The summed E-state index contributed by atoms with van der Waals surface area (Å²) in [5.41, 5.74) is 3.42. The van der Waals surface area contributed by atoms with E-state index in [1.54, 1.807) is 10.8 Å². The number of amides is 3. The largest absolute Gasteiger partial charge is 0.351 e. The molecule has 0 bridgehead atoms. The molecule has 3 amide bonds. The fourth-order valence-electron chi connectivity index (χ4n) is 3.16. The van der Waals surface area contributed by atoms with E-state index < -0.39 is 0 Å². The van der Waals surface area contributed by atoms with Crippen molar-refractivity contribution in [3.05, 3.63) is 78.5 Å². The Hall–Kier alpha value is -3.65. The van der Waals surface area contributed by atoms with Gasteiger partial charge in [0.05, 0.1) is 17.1 Å². The number of nitrogens with zero attached hydrogens (tertiary/aromatic N) is 3. The standard InChI is InChI=1S/C23H20N4O3S/c28-20(24-13-14-26-21(29)16-31-23(26)30)12-11-18-15-27(19-9-5-2-6-10-19)25-22(18)17-7-3-1-4-8-17/h1-12,15H,13-14,16H2,(H,24,28)/b12-11+. The number of rotatable bonds is 7. The second-order valence-corrected chi connectivity index (χ2v) is 7.73. The number of aromatic nitrogens is 2. The lowest BCUT2D eigenvalue weighted by atomic mass is 10.1. The topological polar surface area (TPSA) is 84.3 Å². The molecule has 3 aromatic rings. The first kappa shape index (κ1) is 20.6. The van der Waals surface area contributed by atoms with Crippen LogP contribution in [0.5, 0.6) is 0 Å². The fourth-order valence-corrected chi connectivity index (χ4v) is 3.91. The minimum Gasteiger partial charge on any atom is -0.351 e. The van der Waals surface area contributed by atoms with Gasteiger partial charge in [-0.25, -0.2) is 4.68 Å². The predicted octanol–water partition coefficient (Wildman–Crippen LogP) is 3.36. The summed E-state index contributed by atoms with van der Waals surface area (Å²) in [7, 11) is 0. The molecular formula is C23H20N4O3S. The Morgan fingerprint density at radius 1 is 1.06 bits per heavy atom. The highest BCUT2D eigenvalue weighted by molar-refractivity contribution is 8.14. The van der Waals surface area contributed by atoms with E-state index in [-0.39, 0.29) is 35.9 Å². The van der Waals surface area contributed by atoms with Crippen molar-refractivity contribution < 1.29 is 14.4 Å². The highest BCUT2D eigenvalue weighted by Gasteiger charge is 2.29. The lowest BCUT2D eigenvalue weighted by molar-refractivity contribution is -0.125. The van der Waals surface area contributed by atoms with Crippen LogP contribution in [0.15, 0.2) is 72.9 Å². The highest BCUT2D eigenvalue weighted by Crippen LogP contribution is 2.24. The van der Waals surface area contributed by atoms with Crippen molar-refractivity contribution in [2.24, 2.45) is 0 Å². The molecule has 1 fully saturated rings. The van der Waals surface area contributed by atoms with E-state index >= 15 is 0 Å². The van der Waals surface area contributed by atoms with Gasteiger partial charge in [-0.15, -0.1) is 0 Å². The molecule has 0 radical (unpaired) electrons. The van der Waals surface area contributed by atoms with Crippen LogP contribution >= 0.6 is 11.8 Å². The average molecular weight is 433 g/mol. The molecule has 0 saturated carbocycles. The highest BCUT2D eigenvalue weighted by atomic mass is 32.2. The van der Waals surface area contributed by atoms with E-state index in [4.69, 9.17) is 5.10 Å². The summed E-state index contributed by atoms with van der Waals surface area (Å²) in [5, 5.41) is 7.15. The van der Waals surface area contributed by atoms with Crippen molar-refractivity contribution in [3.63, 3.8) is 0 Å². The molecule has 7 nitrogen and oxygen atoms in total. The van der Waals surface area contributed by atoms with Gasteiger partial charge in [0.2, 0.25) is 11.8 Å². The third kappa shape index (κ3) is 4.92. The van der Waals surface area contributed by atoms with E-state index in [9.17, 15) is 14.4 Å². The molecule has 0 spiro atoms. The quantitative estimate of drug-likeness (QED) is 0.579. The number of carbonyl (C=O) groups is 3. The maximum absolute atomic E-state index is 12.3. The molecular weight excluding hydrogens is 412 g/mol. The van der Waals surface area contributed by atoms with Gasteiger partial charge in [0.15, 0.2) is 0 Å². The smallest absolute Gasteiger partial charge is 0.288 e. The predicted molar refractivity (Wildman–Crippen MR) is 121 cm³/mol. The summed E-state index contributed by atoms with van der Waals surface area (Å²) in [6, 6.07) is 19.5. The zero-order valence-corrected chi connectivity index (χ0v) is 17.4. The first-order valence-corrected chi connectivity index (χ1v) is 10.7. The number of carbonyl (C=O) groups excluding carboxylic acids is 3. The molecule has 4 rings (SSSR count). The van der Waals surface area contributed by atoms with Gasteiger partial charge in [0, 0.05) is 36.5 Å². The lowest BCUT2D eigenvalue weighted by Gasteiger charge is -2.12. The molecule has 2 heterocycles. The van der Waals surface area contributed by atoms with Crippen LogP contribution in [-0.4, -0.2) is 50.6 Å². The van der Waals surface area contributed by atoms with Crippen LogP contribution in [0.2, 0.25) is 0 Å². The molecule has 0 aliphatic carbocycles. The molecule has 1 N–H and O–H groups in total. The van der Waals surface area contributed by atoms with Crippen LogP contribution in [0, 0.1) is 0 Å². The van der Waals surface area contributed by atoms with Crippen LogP contribution in [0.25, 0.3) is 23.0 Å². The summed E-state index contributed by atoms with van der Waals surface area (Å²) in [6.45, 7) is 0.376. The molecule has 1 saturated heterocycles. The third-order valence-corrected chi connectivity index (χ3v) is 5.56. The summed E-state index contributed by atoms with van der Waals surface area (Å²) in [5.74, 6) is -0.362. The number of benzene rings is 2. The van der Waals surface area contributed by atoms with Gasteiger partial charge in [-0.3, -0.25) is 19.3 Å². The van der Waals surface area contributed by atoms with Gasteiger partial charge in [-0.1, -0.05) is 60.3 Å². The Kier molecular flexibility index (Phi) is 6.28. The second-order valence-electron chi connectivity index (χ2n) is 6.80. The van der Waals surface area contributed by atoms with Crippen LogP contribution in [0.4, 0.5) is 4.79 Å². The van der Waals surface area contributed by atoms with E-state index in [0.29, 0.717) is 0 Å². The summed E-state index contributed by atoms with van der Waals surface area (Å²) in [4.78, 5) is 36.6. The zero-order valence-electron chi connectivity index (χ0n) is 16.6. The normalized spacial score (nSPS) is 13.9. The minimum atomic E-state index is -0.307. The zero-order chi connectivity index (χ0) is 21.6. The van der Waals surface area contributed by atoms with Crippen molar-refractivity contribution in [1.82, 2.24) is 20.0 Å². The number of hydrogen-bond donors (Lipinski definition) is 1. The lowest BCUT2D eigenvalue weighted by Crippen LogP contribution is -2.37. The van der Waals surface area contributed by atoms with Crippen LogP contribution in [-0.2, 0) is 9.59 Å². The molecule has 8 heteroatoms. The summed E-state index contributed by atoms with van der Waals surface area (Å²) >= 11 is 0.981. The summed E-state index contributed by atoms with van der Waals surface area (Å²) < 4.78 is 1.78. The van der Waals surface area contributed by atoms with Gasteiger partial charge >= 0.3 is 0 Å². The molecule has 2 aromatic carbocycles. The molecule has 1 aromatic heterocycles. The Balaban J connectivity index is 1.48. The number of hydrogen-bond acceptors (Lipinski definition) is 5. The third-order valence-electron chi connectivity index (χ3n) is 4.70. The Morgan fingerprint density at radius 2 is 1.77 bits per heavy atom. The van der Waals surface area contributed by atoms with Gasteiger partial charge in [0.1, 0.15) is 0 Å². The van der Waals surface area contributed by atoms with Crippen molar-refractivity contribution in [1.29, 1.82) is 0 Å². The molecule has 0 atom stereocenters.